The molecule has 0 unspecified atom stereocenters. The lowest BCUT2D eigenvalue weighted by molar-refractivity contribution is 0.0690. The number of anilines is 1. The molecule has 0 aliphatic heterocycles. The Morgan fingerprint density at radius 3 is 2.67 bits per heavy atom. The van der Waals surface area contributed by atoms with Crippen LogP contribution < -0.4 is 4.90 Å². The second kappa shape index (κ2) is 8.41. The second-order valence-corrected chi connectivity index (χ2v) is 6.66. The molecule has 8 heteroatoms. The molecule has 0 atom stereocenters. The standard InChI is InChI=1S/C19H17N3O4S/c1-13-12-27-17(21-13)10-22(15-7-8-20-16(9-15)18(23)24)19(25)26-11-14-5-3-2-4-6-14/h2-9,12H,10-11H2,1H3,(H,23,24). The Kier molecular flexibility index (Phi) is 5.77. The van der Waals surface area contributed by atoms with Gasteiger partial charge in [-0.2, -0.15) is 0 Å². The number of rotatable bonds is 6. The number of aromatic carboxylic acids is 1. The molecule has 0 aliphatic carbocycles. The Labute approximate surface area is 159 Å². The van der Waals surface area contributed by atoms with Crippen LogP contribution in [0.1, 0.15) is 26.8 Å². The number of ether oxygens (including phenoxy) is 1. The van der Waals surface area contributed by atoms with Gasteiger partial charge in [0.25, 0.3) is 0 Å². The Morgan fingerprint density at radius 1 is 1.22 bits per heavy atom. The minimum absolute atomic E-state index is 0.115. The summed E-state index contributed by atoms with van der Waals surface area (Å²) >= 11 is 1.42. The number of hydrogen-bond donors (Lipinski definition) is 1. The third kappa shape index (κ3) is 4.89. The topological polar surface area (TPSA) is 92.6 Å². The lowest BCUT2D eigenvalue weighted by Gasteiger charge is -2.21. The molecule has 7 nitrogen and oxygen atoms in total. The maximum Gasteiger partial charge on any atom is 0.415 e. The molecule has 0 saturated carbocycles. The number of benzene rings is 1. The summed E-state index contributed by atoms with van der Waals surface area (Å²) in [5.74, 6) is -1.17. The molecule has 3 aromatic rings. The summed E-state index contributed by atoms with van der Waals surface area (Å²) in [6.45, 7) is 2.16. The summed E-state index contributed by atoms with van der Waals surface area (Å²) in [7, 11) is 0. The normalized spacial score (nSPS) is 10.4. The minimum atomic E-state index is -1.17. The minimum Gasteiger partial charge on any atom is -0.477 e. The van der Waals surface area contributed by atoms with Gasteiger partial charge in [-0.3, -0.25) is 4.90 Å². The van der Waals surface area contributed by atoms with Crippen molar-refractivity contribution in [3.05, 3.63) is 76.0 Å². The number of carbonyl (C=O) groups is 2. The number of aromatic nitrogens is 2. The van der Waals surface area contributed by atoms with Crippen molar-refractivity contribution in [2.75, 3.05) is 4.90 Å². The number of hydrogen-bond acceptors (Lipinski definition) is 6. The fourth-order valence-corrected chi connectivity index (χ4v) is 3.13. The van der Waals surface area contributed by atoms with Gasteiger partial charge in [0.2, 0.25) is 0 Å². The van der Waals surface area contributed by atoms with Crippen LogP contribution in [0.3, 0.4) is 0 Å². The van der Waals surface area contributed by atoms with Gasteiger partial charge >= 0.3 is 12.1 Å². The van der Waals surface area contributed by atoms with Crippen LogP contribution in [-0.2, 0) is 17.9 Å². The molecule has 138 valence electrons. The lowest BCUT2D eigenvalue weighted by Crippen LogP contribution is -2.31. The second-order valence-electron chi connectivity index (χ2n) is 5.71. The fourth-order valence-electron chi connectivity index (χ4n) is 2.37. The van der Waals surface area contributed by atoms with E-state index in [0.717, 1.165) is 16.3 Å². The molecule has 27 heavy (non-hydrogen) atoms. The number of aryl methyl sites for hydroxylation is 1. The summed E-state index contributed by atoms with van der Waals surface area (Å²) in [6.07, 6.45) is 0.762. The van der Waals surface area contributed by atoms with Crippen molar-refractivity contribution in [2.45, 2.75) is 20.1 Å². The van der Waals surface area contributed by atoms with Gasteiger partial charge in [0.15, 0.2) is 0 Å². The average Bonchev–Trinajstić information content (AvgIpc) is 3.10. The number of amides is 1. The van der Waals surface area contributed by atoms with E-state index in [1.165, 1.54) is 28.5 Å². The van der Waals surface area contributed by atoms with E-state index in [2.05, 4.69) is 9.97 Å². The molecule has 0 fully saturated rings. The van der Waals surface area contributed by atoms with Crippen LogP contribution in [0.25, 0.3) is 0 Å². The molecule has 0 radical (unpaired) electrons. The Balaban J connectivity index is 1.83. The predicted molar refractivity (Wildman–Crippen MR) is 101 cm³/mol. The number of carbonyl (C=O) groups excluding carboxylic acids is 1. The maximum atomic E-state index is 12.7. The molecule has 3 rings (SSSR count). The van der Waals surface area contributed by atoms with Crippen LogP contribution >= 0.6 is 11.3 Å². The van der Waals surface area contributed by atoms with Crippen molar-refractivity contribution < 1.29 is 19.4 Å². The monoisotopic (exact) mass is 383 g/mol. The van der Waals surface area contributed by atoms with E-state index >= 15 is 0 Å². The number of nitrogens with zero attached hydrogens (tertiary/aromatic N) is 3. The van der Waals surface area contributed by atoms with E-state index < -0.39 is 12.1 Å². The van der Waals surface area contributed by atoms with E-state index in [4.69, 9.17) is 9.84 Å². The van der Waals surface area contributed by atoms with Crippen molar-refractivity contribution >= 4 is 29.1 Å². The summed E-state index contributed by atoms with van der Waals surface area (Å²) < 4.78 is 5.42. The number of carboxylic acids is 1. The first kappa shape index (κ1) is 18.5. The van der Waals surface area contributed by atoms with E-state index in [0.29, 0.717) is 5.69 Å². The highest BCUT2D eigenvalue weighted by molar-refractivity contribution is 7.09. The summed E-state index contributed by atoms with van der Waals surface area (Å²) in [5.41, 5.74) is 1.95. The lowest BCUT2D eigenvalue weighted by atomic mass is 10.2. The molecule has 0 aliphatic rings. The molecular formula is C19H17N3O4S. The molecule has 1 N–H and O–H groups in total. The Bertz CT molecular complexity index is 943. The van der Waals surface area contributed by atoms with Crippen LogP contribution in [0, 0.1) is 6.92 Å². The van der Waals surface area contributed by atoms with Crippen LogP contribution in [0.5, 0.6) is 0 Å². The van der Waals surface area contributed by atoms with Crippen LogP contribution in [-0.4, -0.2) is 27.1 Å². The van der Waals surface area contributed by atoms with Crippen molar-refractivity contribution in [3.63, 3.8) is 0 Å². The van der Waals surface area contributed by atoms with Crippen molar-refractivity contribution in [2.24, 2.45) is 0 Å². The molecule has 2 heterocycles. The van der Waals surface area contributed by atoms with Crippen molar-refractivity contribution in [3.8, 4) is 0 Å². The highest BCUT2D eigenvalue weighted by Gasteiger charge is 2.21. The van der Waals surface area contributed by atoms with Crippen molar-refractivity contribution in [1.29, 1.82) is 0 Å². The van der Waals surface area contributed by atoms with Crippen LogP contribution in [0.2, 0.25) is 0 Å². The first-order valence-electron chi connectivity index (χ1n) is 8.11. The van der Waals surface area contributed by atoms with Crippen molar-refractivity contribution in [1.82, 2.24) is 9.97 Å². The molecule has 1 aromatic carbocycles. The van der Waals surface area contributed by atoms with Gasteiger partial charge < -0.3 is 9.84 Å². The van der Waals surface area contributed by atoms with Gasteiger partial charge in [0.1, 0.15) is 17.3 Å². The molecule has 0 bridgehead atoms. The first-order chi connectivity index (χ1) is 13.0. The zero-order valence-electron chi connectivity index (χ0n) is 14.5. The SMILES string of the molecule is Cc1csc(CN(C(=O)OCc2ccccc2)c2ccnc(C(=O)O)c2)n1. The third-order valence-corrected chi connectivity index (χ3v) is 4.61. The molecule has 0 saturated heterocycles. The first-order valence-corrected chi connectivity index (χ1v) is 8.99. The van der Waals surface area contributed by atoms with E-state index in [-0.39, 0.29) is 18.8 Å². The number of carboxylic acid groups (broad SMARTS) is 1. The predicted octanol–water partition coefficient (Wildman–Crippen LogP) is 3.89. The average molecular weight is 383 g/mol. The quantitative estimate of drug-likeness (QED) is 0.694. The molecule has 2 aromatic heterocycles. The smallest absolute Gasteiger partial charge is 0.415 e. The number of thiazole rings is 1. The molecule has 1 amide bonds. The van der Waals surface area contributed by atoms with Gasteiger partial charge in [-0.1, -0.05) is 30.3 Å². The summed E-state index contributed by atoms with van der Waals surface area (Å²) in [5, 5.41) is 11.8. The Morgan fingerprint density at radius 2 is 2.00 bits per heavy atom. The third-order valence-electron chi connectivity index (χ3n) is 3.66. The highest BCUT2D eigenvalue weighted by Crippen LogP contribution is 2.21. The van der Waals surface area contributed by atoms with E-state index in [1.54, 1.807) is 6.07 Å². The maximum absolute atomic E-state index is 12.7. The van der Waals surface area contributed by atoms with Gasteiger partial charge in [-0.05, 0) is 24.6 Å². The molecule has 0 spiro atoms. The van der Waals surface area contributed by atoms with E-state index in [9.17, 15) is 9.59 Å². The van der Waals surface area contributed by atoms with Gasteiger partial charge in [-0.25, -0.2) is 19.6 Å². The Hall–Kier alpha value is -3.26. The zero-order chi connectivity index (χ0) is 19.2. The van der Waals surface area contributed by atoms with Gasteiger partial charge in [0.05, 0.1) is 12.2 Å². The van der Waals surface area contributed by atoms with Gasteiger partial charge in [0, 0.05) is 17.3 Å². The zero-order valence-corrected chi connectivity index (χ0v) is 15.3. The van der Waals surface area contributed by atoms with Crippen LogP contribution in [0.15, 0.2) is 54.0 Å². The van der Waals surface area contributed by atoms with Crippen LogP contribution in [0.4, 0.5) is 10.5 Å². The summed E-state index contributed by atoms with van der Waals surface area (Å²) in [6, 6.07) is 12.2. The molecular weight excluding hydrogens is 366 g/mol. The largest absolute Gasteiger partial charge is 0.477 e. The van der Waals surface area contributed by atoms with E-state index in [1.807, 2.05) is 42.6 Å². The summed E-state index contributed by atoms with van der Waals surface area (Å²) in [4.78, 5) is 33.5. The fraction of sp³-hybridized carbons (Fsp3) is 0.158. The highest BCUT2D eigenvalue weighted by atomic mass is 32.1. The van der Waals surface area contributed by atoms with Gasteiger partial charge in [-0.15, -0.1) is 11.3 Å². The number of pyridine rings is 1.